The van der Waals surface area contributed by atoms with E-state index in [9.17, 15) is 0 Å². The smallest absolute Gasteiger partial charge is 0.0158 e. The summed E-state index contributed by atoms with van der Waals surface area (Å²) >= 11 is 0. The van der Waals surface area contributed by atoms with Crippen LogP contribution in [0.1, 0.15) is 60.8 Å². The summed E-state index contributed by atoms with van der Waals surface area (Å²) < 4.78 is 0. The van der Waals surface area contributed by atoms with Crippen LogP contribution in [0, 0.1) is 5.41 Å². The average molecular weight is 240 g/mol. The molecule has 0 aliphatic carbocycles. The van der Waals surface area contributed by atoms with Crippen LogP contribution >= 0.6 is 0 Å². The fraction of sp³-hybridized carbons (Fsp3) is 1.00. The van der Waals surface area contributed by atoms with E-state index in [0.29, 0.717) is 17.0 Å². The third-order valence-corrected chi connectivity index (χ3v) is 3.75. The molecule has 2 nitrogen and oxygen atoms in total. The summed E-state index contributed by atoms with van der Waals surface area (Å²) in [6.45, 7) is 17.8. The van der Waals surface area contributed by atoms with Gasteiger partial charge >= 0.3 is 0 Å². The Kier molecular flexibility index (Phi) is 5.03. The first-order chi connectivity index (χ1) is 7.71. The van der Waals surface area contributed by atoms with Crippen molar-refractivity contribution in [2.45, 2.75) is 72.4 Å². The van der Waals surface area contributed by atoms with E-state index in [1.54, 1.807) is 0 Å². The van der Waals surface area contributed by atoms with Gasteiger partial charge in [0.1, 0.15) is 0 Å². The number of nitrogens with one attached hydrogen (secondary N) is 1. The van der Waals surface area contributed by atoms with Crippen molar-refractivity contribution in [1.29, 1.82) is 0 Å². The minimum Gasteiger partial charge on any atom is -0.314 e. The van der Waals surface area contributed by atoms with Crippen molar-refractivity contribution in [2.75, 3.05) is 19.6 Å². The van der Waals surface area contributed by atoms with Gasteiger partial charge in [-0.2, -0.15) is 0 Å². The summed E-state index contributed by atoms with van der Waals surface area (Å²) in [4.78, 5) is 2.70. The van der Waals surface area contributed by atoms with E-state index >= 15 is 0 Å². The maximum atomic E-state index is 3.58. The molecule has 0 saturated carbocycles. The van der Waals surface area contributed by atoms with Crippen LogP contribution in [0.2, 0.25) is 0 Å². The van der Waals surface area contributed by atoms with E-state index in [2.05, 4.69) is 51.8 Å². The Morgan fingerprint density at radius 2 is 1.76 bits per heavy atom. The SMILES string of the molecule is CC1CCN(C(C)(C)CC(C)(C)C)CCCN1. The Hall–Kier alpha value is -0.0800. The van der Waals surface area contributed by atoms with Crippen LogP contribution < -0.4 is 5.32 Å². The molecular formula is C15H32N2. The summed E-state index contributed by atoms with van der Waals surface area (Å²) in [5, 5.41) is 3.58. The van der Waals surface area contributed by atoms with Crippen molar-refractivity contribution in [1.82, 2.24) is 10.2 Å². The van der Waals surface area contributed by atoms with Crippen molar-refractivity contribution < 1.29 is 0 Å². The lowest BCUT2D eigenvalue weighted by Crippen LogP contribution is -2.50. The zero-order chi connectivity index (χ0) is 13.1. The third-order valence-electron chi connectivity index (χ3n) is 3.75. The third kappa shape index (κ3) is 5.39. The van der Waals surface area contributed by atoms with E-state index < -0.39 is 0 Å². The molecule has 0 amide bonds. The van der Waals surface area contributed by atoms with Crippen LogP contribution in [0.25, 0.3) is 0 Å². The molecule has 0 spiro atoms. The van der Waals surface area contributed by atoms with E-state index in [1.807, 2.05) is 0 Å². The first kappa shape index (κ1) is 15.0. The van der Waals surface area contributed by atoms with Crippen LogP contribution in [-0.4, -0.2) is 36.1 Å². The Morgan fingerprint density at radius 1 is 1.12 bits per heavy atom. The molecular weight excluding hydrogens is 208 g/mol. The van der Waals surface area contributed by atoms with Gasteiger partial charge in [0, 0.05) is 18.1 Å². The molecule has 1 atom stereocenters. The number of hydrogen-bond acceptors (Lipinski definition) is 2. The van der Waals surface area contributed by atoms with Gasteiger partial charge in [0.15, 0.2) is 0 Å². The molecule has 0 aromatic carbocycles. The Bertz CT molecular complexity index is 228. The van der Waals surface area contributed by atoms with Crippen molar-refractivity contribution in [3.63, 3.8) is 0 Å². The second kappa shape index (κ2) is 5.71. The van der Waals surface area contributed by atoms with Gasteiger partial charge in [0.25, 0.3) is 0 Å². The van der Waals surface area contributed by atoms with E-state index in [1.165, 1.54) is 38.9 Å². The summed E-state index contributed by atoms with van der Waals surface area (Å²) in [7, 11) is 0. The minimum absolute atomic E-state index is 0.329. The number of nitrogens with zero attached hydrogens (tertiary/aromatic N) is 1. The van der Waals surface area contributed by atoms with Crippen LogP contribution in [0.4, 0.5) is 0 Å². The summed E-state index contributed by atoms with van der Waals surface area (Å²) in [5.74, 6) is 0. The predicted octanol–water partition coefficient (Wildman–Crippen LogP) is 3.28. The molecule has 0 radical (unpaired) electrons. The lowest BCUT2D eigenvalue weighted by molar-refractivity contribution is 0.0671. The molecule has 2 heteroatoms. The first-order valence-corrected chi connectivity index (χ1v) is 7.19. The highest BCUT2D eigenvalue weighted by Crippen LogP contribution is 2.31. The quantitative estimate of drug-likeness (QED) is 0.797. The molecule has 102 valence electrons. The van der Waals surface area contributed by atoms with Crippen molar-refractivity contribution in [2.24, 2.45) is 5.41 Å². The van der Waals surface area contributed by atoms with Gasteiger partial charge < -0.3 is 5.32 Å². The van der Waals surface area contributed by atoms with Crippen molar-refractivity contribution in [3.8, 4) is 0 Å². The van der Waals surface area contributed by atoms with Gasteiger partial charge in [-0.15, -0.1) is 0 Å². The largest absolute Gasteiger partial charge is 0.314 e. The molecule has 1 aliphatic heterocycles. The van der Waals surface area contributed by atoms with Crippen LogP contribution in [0.15, 0.2) is 0 Å². The molecule has 0 aromatic rings. The van der Waals surface area contributed by atoms with E-state index in [4.69, 9.17) is 0 Å². The fourth-order valence-corrected chi connectivity index (χ4v) is 3.20. The normalized spacial score (nSPS) is 25.4. The number of rotatable bonds is 2. The molecule has 17 heavy (non-hydrogen) atoms. The molecule has 1 heterocycles. The molecule has 1 unspecified atom stereocenters. The summed E-state index contributed by atoms with van der Waals surface area (Å²) in [5.41, 5.74) is 0.741. The highest BCUT2D eigenvalue weighted by molar-refractivity contribution is 4.87. The van der Waals surface area contributed by atoms with Crippen molar-refractivity contribution >= 4 is 0 Å². The monoisotopic (exact) mass is 240 g/mol. The molecule has 1 fully saturated rings. The summed E-state index contributed by atoms with van der Waals surface area (Å²) in [6, 6.07) is 0.670. The summed E-state index contributed by atoms with van der Waals surface area (Å²) in [6.07, 6.45) is 3.81. The number of hydrogen-bond donors (Lipinski definition) is 1. The predicted molar refractivity (Wildman–Crippen MR) is 76.4 cm³/mol. The van der Waals surface area contributed by atoms with Gasteiger partial charge in [-0.25, -0.2) is 0 Å². The van der Waals surface area contributed by atoms with Crippen LogP contribution in [-0.2, 0) is 0 Å². The van der Waals surface area contributed by atoms with Gasteiger partial charge in [0.2, 0.25) is 0 Å². The highest BCUT2D eigenvalue weighted by Gasteiger charge is 2.31. The highest BCUT2D eigenvalue weighted by atomic mass is 15.2. The van der Waals surface area contributed by atoms with Gasteiger partial charge in [0.05, 0.1) is 0 Å². The van der Waals surface area contributed by atoms with Gasteiger partial charge in [-0.3, -0.25) is 4.90 Å². The van der Waals surface area contributed by atoms with Crippen LogP contribution in [0.3, 0.4) is 0 Å². The Labute approximate surface area is 108 Å². The zero-order valence-corrected chi connectivity index (χ0v) is 12.8. The van der Waals surface area contributed by atoms with E-state index in [-0.39, 0.29) is 0 Å². The lowest BCUT2D eigenvalue weighted by atomic mass is 9.80. The van der Waals surface area contributed by atoms with Crippen LogP contribution in [0.5, 0.6) is 0 Å². The molecule has 1 N–H and O–H groups in total. The standard InChI is InChI=1S/C15H32N2/c1-13-8-11-17(10-7-9-16-13)15(5,6)12-14(2,3)4/h13,16H,7-12H2,1-6H3. The molecule has 0 aromatic heterocycles. The zero-order valence-electron chi connectivity index (χ0n) is 12.8. The molecule has 1 aliphatic rings. The van der Waals surface area contributed by atoms with Gasteiger partial charge in [-0.1, -0.05) is 20.8 Å². The maximum absolute atomic E-state index is 3.58. The van der Waals surface area contributed by atoms with Gasteiger partial charge in [-0.05, 0) is 58.5 Å². The Morgan fingerprint density at radius 3 is 2.35 bits per heavy atom. The first-order valence-electron chi connectivity index (χ1n) is 7.19. The topological polar surface area (TPSA) is 15.3 Å². The fourth-order valence-electron chi connectivity index (χ4n) is 3.20. The molecule has 1 saturated heterocycles. The molecule has 0 bridgehead atoms. The van der Waals surface area contributed by atoms with Crippen molar-refractivity contribution in [3.05, 3.63) is 0 Å². The maximum Gasteiger partial charge on any atom is 0.0158 e. The average Bonchev–Trinajstić information content (AvgIpc) is 2.07. The van der Waals surface area contributed by atoms with E-state index in [0.717, 1.165) is 0 Å². The second-order valence-electron chi connectivity index (χ2n) is 7.53. The lowest BCUT2D eigenvalue weighted by Gasteiger charge is -2.44. The molecule has 1 rings (SSSR count). The second-order valence-corrected chi connectivity index (χ2v) is 7.53. The Balaban J connectivity index is 2.61. The minimum atomic E-state index is 0.329.